The minimum Gasteiger partial charge on any atom is -0.503 e. The molecule has 1 atom stereocenters. The zero-order valence-corrected chi connectivity index (χ0v) is 13.5. The Balaban J connectivity index is 2.56. The van der Waals surface area contributed by atoms with Gasteiger partial charge in [0.05, 0.1) is 11.6 Å². The van der Waals surface area contributed by atoms with E-state index < -0.39 is 23.1 Å². The summed E-state index contributed by atoms with van der Waals surface area (Å²) in [5.74, 6) is -1.11. The molecule has 1 aliphatic rings. The van der Waals surface area contributed by atoms with Gasteiger partial charge in [-0.15, -0.1) is 0 Å². The molecule has 0 fully saturated rings. The highest BCUT2D eigenvalue weighted by Crippen LogP contribution is 2.40. The smallest absolute Gasteiger partial charge is 0.290 e. The Morgan fingerprint density at radius 1 is 1.32 bits per heavy atom. The number of aliphatic hydroxyl groups is 1. The van der Waals surface area contributed by atoms with Crippen molar-refractivity contribution in [2.75, 3.05) is 6.54 Å². The maximum Gasteiger partial charge on any atom is 0.290 e. The van der Waals surface area contributed by atoms with Crippen LogP contribution in [-0.4, -0.2) is 33.2 Å². The molecule has 0 saturated heterocycles. The van der Waals surface area contributed by atoms with E-state index in [0.717, 1.165) is 12.0 Å². The number of amides is 1. The molecule has 22 heavy (non-hydrogen) atoms. The molecule has 118 valence electrons. The minimum absolute atomic E-state index is 0.192. The highest BCUT2D eigenvalue weighted by Gasteiger charge is 2.45. The van der Waals surface area contributed by atoms with Gasteiger partial charge < -0.3 is 10.0 Å². The van der Waals surface area contributed by atoms with Crippen molar-refractivity contribution in [2.45, 2.75) is 40.2 Å². The molecule has 1 aliphatic heterocycles. The van der Waals surface area contributed by atoms with Gasteiger partial charge in [-0.05, 0) is 24.1 Å². The topological polar surface area (TPSA) is 70.5 Å². The molecule has 5 heteroatoms. The molecule has 5 nitrogen and oxygen atoms in total. The summed E-state index contributed by atoms with van der Waals surface area (Å²) in [6.07, 6.45) is 3.99. The number of hydrogen-bond acceptors (Lipinski definition) is 4. The summed E-state index contributed by atoms with van der Waals surface area (Å²) >= 11 is 0. The van der Waals surface area contributed by atoms with Crippen molar-refractivity contribution in [3.05, 3.63) is 41.4 Å². The van der Waals surface area contributed by atoms with Crippen LogP contribution in [0.3, 0.4) is 0 Å². The third kappa shape index (κ3) is 2.75. The van der Waals surface area contributed by atoms with Gasteiger partial charge in [0, 0.05) is 24.4 Å². The molecule has 1 N–H and O–H groups in total. The lowest BCUT2D eigenvalue weighted by molar-refractivity contribution is -0.129. The fraction of sp³-hybridized carbons (Fsp3) is 0.471. The van der Waals surface area contributed by atoms with E-state index in [2.05, 4.69) is 4.98 Å². The SMILES string of the molecule is CCCN1C(=O)C(O)=C(C(=O)C(C)(C)C)C1c1ccncc1. The van der Waals surface area contributed by atoms with Gasteiger partial charge in [0.2, 0.25) is 0 Å². The van der Waals surface area contributed by atoms with Gasteiger partial charge in [-0.1, -0.05) is 27.7 Å². The predicted octanol–water partition coefficient (Wildman–Crippen LogP) is 2.80. The van der Waals surface area contributed by atoms with E-state index in [0.29, 0.717) is 6.54 Å². The number of carbonyl (C=O) groups is 2. The second-order valence-electron chi connectivity index (χ2n) is 6.52. The van der Waals surface area contributed by atoms with E-state index in [1.165, 1.54) is 0 Å². The molecule has 1 aromatic rings. The number of hydrogen-bond donors (Lipinski definition) is 1. The Bertz CT molecular complexity index is 615. The monoisotopic (exact) mass is 302 g/mol. The summed E-state index contributed by atoms with van der Waals surface area (Å²) in [5.41, 5.74) is 0.308. The van der Waals surface area contributed by atoms with Crippen molar-refractivity contribution in [1.29, 1.82) is 0 Å². The van der Waals surface area contributed by atoms with Gasteiger partial charge in [0.25, 0.3) is 5.91 Å². The molecule has 1 aromatic heterocycles. The molecular formula is C17H22N2O3. The fourth-order valence-corrected chi connectivity index (χ4v) is 2.65. The lowest BCUT2D eigenvalue weighted by atomic mass is 9.82. The summed E-state index contributed by atoms with van der Waals surface area (Å²) in [7, 11) is 0. The van der Waals surface area contributed by atoms with Gasteiger partial charge in [-0.3, -0.25) is 14.6 Å². The number of aromatic nitrogens is 1. The van der Waals surface area contributed by atoms with Crippen LogP contribution in [0.15, 0.2) is 35.9 Å². The molecule has 0 saturated carbocycles. The van der Waals surface area contributed by atoms with Crippen LogP contribution in [0, 0.1) is 5.41 Å². The Morgan fingerprint density at radius 2 is 1.91 bits per heavy atom. The number of pyridine rings is 1. The summed E-state index contributed by atoms with van der Waals surface area (Å²) in [5, 5.41) is 10.3. The van der Waals surface area contributed by atoms with E-state index in [1.54, 1.807) is 50.2 Å². The Hall–Kier alpha value is -2.17. The summed E-state index contributed by atoms with van der Waals surface area (Å²) in [6, 6.07) is 3.01. The van der Waals surface area contributed by atoms with E-state index in [-0.39, 0.29) is 11.4 Å². The van der Waals surface area contributed by atoms with Crippen LogP contribution in [0.1, 0.15) is 45.7 Å². The molecule has 1 amide bonds. The third-order valence-electron chi connectivity index (χ3n) is 3.72. The molecule has 0 spiro atoms. The molecule has 0 aromatic carbocycles. The first-order chi connectivity index (χ1) is 10.3. The molecular weight excluding hydrogens is 280 g/mol. The van der Waals surface area contributed by atoms with Crippen LogP contribution in [-0.2, 0) is 9.59 Å². The largest absolute Gasteiger partial charge is 0.503 e. The summed E-state index contributed by atoms with van der Waals surface area (Å²) in [4.78, 5) is 30.7. The fourth-order valence-electron chi connectivity index (χ4n) is 2.65. The number of nitrogens with zero attached hydrogens (tertiary/aromatic N) is 2. The Labute approximate surface area is 130 Å². The predicted molar refractivity (Wildman–Crippen MR) is 83.1 cm³/mol. The first-order valence-electron chi connectivity index (χ1n) is 7.47. The minimum atomic E-state index is -0.670. The average Bonchev–Trinajstić information content (AvgIpc) is 2.71. The number of carbonyl (C=O) groups excluding carboxylic acids is 2. The van der Waals surface area contributed by atoms with Gasteiger partial charge in [0.15, 0.2) is 11.5 Å². The van der Waals surface area contributed by atoms with Crippen LogP contribution in [0.25, 0.3) is 0 Å². The average molecular weight is 302 g/mol. The third-order valence-corrected chi connectivity index (χ3v) is 3.72. The van der Waals surface area contributed by atoms with Crippen LogP contribution >= 0.6 is 0 Å². The Kier molecular flexibility index (Phi) is 4.35. The van der Waals surface area contributed by atoms with Crippen molar-refractivity contribution in [1.82, 2.24) is 9.88 Å². The zero-order valence-electron chi connectivity index (χ0n) is 13.5. The second-order valence-corrected chi connectivity index (χ2v) is 6.52. The van der Waals surface area contributed by atoms with Crippen LogP contribution in [0.5, 0.6) is 0 Å². The van der Waals surface area contributed by atoms with Gasteiger partial charge in [0.1, 0.15) is 0 Å². The van der Waals surface area contributed by atoms with Crippen molar-refractivity contribution in [2.24, 2.45) is 5.41 Å². The number of ketones is 1. The normalized spacial score (nSPS) is 19.0. The standard InChI is InChI=1S/C17H22N2O3/c1-5-10-19-13(11-6-8-18-9-7-11)12(14(20)16(19)22)15(21)17(2,3)4/h6-9,13,20H,5,10H2,1-4H3. The van der Waals surface area contributed by atoms with Crippen LogP contribution in [0.4, 0.5) is 0 Å². The van der Waals surface area contributed by atoms with Crippen LogP contribution in [0.2, 0.25) is 0 Å². The first kappa shape index (κ1) is 16.2. The van der Waals surface area contributed by atoms with E-state index in [1.807, 2.05) is 6.92 Å². The summed E-state index contributed by atoms with van der Waals surface area (Å²) in [6.45, 7) is 7.79. The van der Waals surface area contributed by atoms with Crippen molar-refractivity contribution in [3.8, 4) is 0 Å². The zero-order chi connectivity index (χ0) is 16.5. The van der Waals surface area contributed by atoms with E-state index >= 15 is 0 Å². The van der Waals surface area contributed by atoms with Crippen molar-refractivity contribution >= 4 is 11.7 Å². The maximum atomic E-state index is 12.7. The number of aliphatic hydroxyl groups excluding tert-OH is 1. The second kappa shape index (κ2) is 5.91. The molecule has 0 aliphatic carbocycles. The quantitative estimate of drug-likeness (QED) is 0.928. The van der Waals surface area contributed by atoms with E-state index in [9.17, 15) is 14.7 Å². The first-order valence-corrected chi connectivity index (χ1v) is 7.47. The van der Waals surface area contributed by atoms with E-state index in [4.69, 9.17) is 0 Å². The number of Topliss-reactive ketones (excluding diaryl/α,β-unsaturated/α-hetero) is 1. The van der Waals surface area contributed by atoms with Crippen molar-refractivity contribution in [3.63, 3.8) is 0 Å². The van der Waals surface area contributed by atoms with Crippen molar-refractivity contribution < 1.29 is 14.7 Å². The molecule has 0 bridgehead atoms. The lowest BCUT2D eigenvalue weighted by Gasteiger charge is -2.28. The lowest BCUT2D eigenvalue weighted by Crippen LogP contribution is -2.33. The van der Waals surface area contributed by atoms with Gasteiger partial charge >= 0.3 is 0 Å². The summed E-state index contributed by atoms with van der Waals surface area (Å²) < 4.78 is 0. The molecule has 1 unspecified atom stereocenters. The highest BCUT2D eigenvalue weighted by atomic mass is 16.3. The number of rotatable bonds is 4. The highest BCUT2D eigenvalue weighted by molar-refractivity contribution is 6.10. The molecule has 0 radical (unpaired) electrons. The molecule has 2 rings (SSSR count). The maximum absolute atomic E-state index is 12.7. The van der Waals surface area contributed by atoms with Crippen LogP contribution < -0.4 is 0 Å². The van der Waals surface area contributed by atoms with Gasteiger partial charge in [-0.2, -0.15) is 0 Å². The van der Waals surface area contributed by atoms with Gasteiger partial charge in [-0.25, -0.2) is 0 Å². The molecule has 2 heterocycles. The Morgan fingerprint density at radius 3 is 2.41 bits per heavy atom.